The molecule has 7 fully saturated rings. The Labute approximate surface area is 224 Å². The minimum absolute atomic E-state index is 0.204. The lowest BCUT2D eigenvalue weighted by molar-refractivity contribution is -0.188. The van der Waals surface area contributed by atoms with Crippen molar-refractivity contribution in [1.82, 2.24) is 4.90 Å². The number of nitrogens with zero attached hydrogens (tertiary/aromatic N) is 1. The normalized spacial score (nSPS) is 59.1. The molecule has 3 saturated carbocycles. The summed E-state index contributed by atoms with van der Waals surface area (Å²) in [5.41, 5.74) is 0.348. The number of carbonyl (C=O) groups excluding carboxylic acids is 1. The van der Waals surface area contributed by atoms with Gasteiger partial charge in [0.2, 0.25) is 0 Å². The summed E-state index contributed by atoms with van der Waals surface area (Å²) >= 11 is 0. The summed E-state index contributed by atoms with van der Waals surface area (Å²) in [7, 11) is 0. The Bertz CT molecular complexity index is 984. The van der Waals surface area contributed by atoms with Crippen LogP contribution in [0.1, 0.15) is 112 Å². The Kier molecular flexibility index (Phi) is 5.31. The molecule has 7 rings (SSSR count). The minimum atomic E-state index is -0.870. The third-order valence-electron chi connectivity index (χ3n) is 14.5. The van der Waals surface area contributed by atoms with Gasteiger partial charge in [-0.3, -0.25) is 9.69 Å². The molecule has 208 valence electrons. The van der Waals surface area contributed by atoms with E-state index < -0.39 is 11.7 Å². The summed E-state index contributed by atoms with van der Waals surface area (Å²) in [6.07, 6.45) is 12.7. The van der Waals surface area contributed by atoms with Crippen LogP contribution in [-0.2, 0) is 14.3 Å². The molecule has 0 amide bonds. The summed E-state index contributed by atoms with van der Waals surface area (Å²) in [6.45, 7) is 14.9. The van der Waals surface area contributed by atoms with Crippen LogP contribution in [-0.4, -0.2) is 52.1 Å². The molecule has 1 unspecified atom stereocenters. The molecule has 5 nitrogen and oxygen atoms in total. The fourth-order valence-electron chi connectivity index (χ4n) is 13.0. The second-order valence-corrected chi connectivity index (χ2v) is 15.7. The molecule has 0 aromatic carbocycles. The standard InChI is InChI=1S/C32H51NO4/c1-19(2)22-10-14-28(4)21-9-16-31-13-7-8-24(31)32(28,26(22)33(31)18-21)17-11-23-29(5)15-12-25(36-20(3)34)30(23,6)27(35)37-29/h19,21-27,35H,7-18H2,1-6H3/t21-,22-,23+,24-,25+,26+,27-,28+,29+,30+,31-,32-/m1/s1. The molecule has 7 aliphatic rings. The molecule has 1 spiro atoms. The second-order valence-electron chi connectivity index (χ2n) is 15.7. The first-order valence-corrected chi connectivity index (χ1v) is 15.7. The van der Waals surface area contributed by atoms with Crippen molar-refractivity contribution in [2.75, 3.05) is 6.54 Å². The average Bonchev–Trinajstić information content (AvgIpc) is 3.35. The first kappa shape index (κ1) is 25.3. The molecule has 0 radical (unpaired) electrons. The first-order chi connectivity index (χ1) is 17.4. The lowest BCUT2D eigenvalue weighted by Gasteiger charge is -2.67. The van der Waals surface area contributed by atoms with E-state index in [1.54, 1.807) is 0 Å². The van der Waals surface area contributed by atoms with Crippen LogP contribution in [0.5, 0.6) is 0 Å². The Balaban J connectivity index is 1.30. The van der Waals surface area contributed by atoms with Crippen molar-refractivity contribution in [2.24, 2.45) is 45.8 Å². The molecule has 5 heteroatoms. The first-order valence-electron chi connectivity index (χ1n) is 15.7. The van der Waals surface area contributed by atoms with Crippen molar-refractivity contribution in [3.05, 3.63) is 0 Å². The molecular formula is C32H51NO4. The number of hydrogen-bond donors (Lipinski definition) is 1. The molecular weight excluding hydrogens is 462 g/mol. The largest absolute Gasteiger partial charge is 0.462 e. The number of hydrogen-bond acceptors (Lipinski definition) is 5. The highest BCUT2D eigenvalue weighted by Crippen LogP contribution is 2.79. The minimum Gasteiger partial charge on any atom is -0.462 e. The SMILES string of the molecule is CC(=O)O[C@H]1CC[C@]2(C)O[C@@H](O)[C@@]1(C)[C@H]2CC[C@@]12[C@@H]3[C@@H](C(C)C)CC[C@@]1(C)[C@@H]1CC[C@@]4(CCC[C@H]42)N3C1. The highest BCUT2D eigenvalue weighted by atomic mass is 16.6. The van der Waals surface area contributed by atoms with Crippen molar-refractivity contribution in [1.29, 1.82) is 0 Å². The molecule has 3 aliphatic carbocycles. The van der Waals surface area contributed by atoms with Crippen molar-refractivity contribution in [3.8, 4) is 0 Å². The number of aliphatic hydroxyl groups excluding tert-OH is 1. The fourth-order valence-corrected chi connectivity index (χ4v) is 13.0. The Hall–Kier alpha value is -0.650. The van der Waals surface area contributed by atoms with E-state index in [0.29, 0.717) is 22.4 Å². The Morgan fingerprint density at radius 3 is 2.59 bits per heavy atom. The number of piperidine rings is 2. The predicted molar refractivity (Wildman–Crippen MR) is 143 cm³/mol. The van der Waals surface area contributed by atoms with Crippen molar-refractivity contribution in [3.63, 3.8) is 0 Å². The monoisotopic (exact) mass is 513 g/mol. The maximum absolute atomic E-state index is 12.1. The van der Waals surface area contributed by atoms with Crippen LogP contribution in [0, 0.1) is 45.8 Å². The van der Waals surface area contributed by atoms with Gasteiger partial charge >= 0.3 is 5.97 Å². The quantitative estimate of drug-likeness (QED) is 0.462. The van der Waals surface area contributed by atoms with Crippen LogP contribution in [0.3, 0.4) is 0 Å². The van der Waals surface area contributed by atoms with E-state index in [1.165, 1.54) is 64.8 Å². The lowest BCUT2D eigenvalue weighted by atomic mass is 9.41. The second kappa shape index (κ2) is 7.75. The van der Waals surface area contributed by atoms with Gasteiger partial charge in [-0.2, -0.15) is 0 Å². The average molecular weight is 514 g/mol. The molecule has 0 aromatic rings. The van der Waals surface area contributed by atoms with Gasteiger partial charge < -0.3 is 14.6 Å². The van der Waals surface area contributed by atoms with E-state index in [2.05, 4.69) is 39.5 Å². The van der Waals surface area contributed by atoms with Gasteiger partial charge in [0.1, 0.15) is 6.10 Å². The molecule has 13 atom stereocenters. The van der Waals surface area contributed by atoms with Gasteiger partial charge in [-0.25, -0.2) is 0 Å². The Morgan fingerprint density at radius 2 is 1.86 bits per heavy atom. The van der Waals surface area contributed by atoms with Crippen LogP contribution >= 0.6 is 0 Å². The highest BCUT2D eigenvalue weighted by molar-refractivity contribution is 5.66. The molecule has 7 bridgehead atoms. The van der Waals surface area contributed by atoms with E-state index in [4.69, 9.17) is 9.47 Å². The van der Waals surface area contributed by atoms with Crippen LogP contribution in [0.15, 0.2) is 0 Å². The van der Waals surface area contributed by atoms with Gasteiger partial charge in [-0.05, 0) is 106 Å². The van der Waals surface area contributed by atoms with Gasteiger partial charge in [-0.15, -0.1) is 0 Å². The molecule has 37 heavy (non-hydrogen) atoms. The van der Waals surface area contributed by atoms with Gasteiger partial charge in [-0.1, -0.05) is 34.1 Å². The van der Waals surface area contributed by atoms with E-state index in [9.17, 15) is 9.90 Å². The Morgan fingerprint density at radius 1 is 1.08 bits per heavy atom. The summed E-state index contributed by atoms with van der Waals surface area (Å²) < 4.78 is 12.3. The summed E-state index contributed by atoms with van der Waals surface area (Å²) in [4.78, 5) is 15.2. The molecule has 0 aromatic heterocycles. The number of fused-ring (bicyclic) bond motifs is 4. The van der Waals surface area contributed by atoms with Crippen LogP contribution < -0.4 is 0 Å². The third-order valence-corrected chi connectivity index (χ3v) is 14.5. The molecule has 4 aliphatic heterocycles. The third kappa shape index (κ3) is 2.81. The maximum atomic E-state index is 12.1. The molecule has 4 heterocycles. The van der Waals surface area contributed by atoms with Crippen LogP contribution in [0.25, 0.3) is 0 Å². The number of rotatable bonds is 5. The van der Waals surface area contributed by atoms with Crippen molar-refractivity contribution >= 4 is 5.97 Å². The maximum Gasteiger partial charge on any atom is 0.302 e. The van der Waals surface area contributed by atoms with Gasteiger partial charge in [0, 0.05) is 31.0 Å². The van der Waals surface area contributed by atoms with Crippen molar-refractivity contribution < 1.29 is 19.4 Å². The zero-order valence-electron chi connectivity index (χ0n) is 24.2. The van der Waals surface area contributed by atoms with Gasteiger partial charge in [0.05, 0.1) is 11.0 Å². The summed E-state index contributed by atoms with van der Waals surface area (Å²) in [5, 5.41) is 11.3. The highest BCUT2D eigenvalue weighted by Gasteiger charge is 2.80. The van der Waals surface area contributed by atoms with Crippen LogP contribution in [0.4, 0.5) is 0 Å². The smallest absolute Gasteiger partial charge is 0.302 e. The van der Waals surface area contributed by atoms with Crippen molar-refractivity contribution in [2.45, 2.75) is 142 Å². The van der Waals surface area contributed by atoms with Gasteiger partial charge in [0.15, 0.2) is 6.29 Å². The van der Waals surface area contributed by atoms with E-state index in [1.807, 2.05) is 0 Å². The molecule has 1 N–H and O–H groups in total. The summed E-state index contributed by atoms with van der Waals surface area (Å²) in [6, 6.07) is 0.713. The lowest BCUT2D eigenvalue weighted by Crippen LogP contribution is -2.68. The zero-order valence-corrected chi connectivity index (χ0v) is 24.2. The topological polar surface area (TPSA) is 59.0 Å². The van der Waals surface area contributed by atoms with E-state index in [0.717, 1.165) is 42.9 Å². The fraction of sp³-hybridized carbons (Fsp3) is 0.969. The van der Waals surface area contributed by atoms with Crippen LogP contribution in [0.2, 0.25) is 0 Å². The zero-order chi connectivity index (χ0) is 26.2. The van der Waals surface area contributed by atoms with Gasteiger partial charge in [0.25, 0.3) is 0 Å². The molecule has 4 saturated heterocycles. The van der Waals surface area contributed by atoms with E-state index in [-0.39, 0.29) is 23.6 Å². The van der Waals surface area contributed by atoms with E-state index >= 15 is 0 Å². The number of aliphatic hydroxyl groups is 1. The predicted octanol–water partition coefficient (Wildman–Crippen LogP) is 5.93. The number of carbonyl (C=O) groups is 1. The number of ether oxygens (including phenoxy) is 2. The number of esters is 1. The summed E-state index contributed by atoms with van der Waals surface area (Å²) in [5.74, 6) is 3.13.